The minimum absolute atomic E-state index is 0.254. The molecule has 1 N–H and O–H groups in total. The fourth-order valence-electron chi connectivity index (χ4n) is 2.50. The molecule has 1 atom stereocenters. The van der Waals surface area contributed by atoms with Gasteiger partial charge in [-0.2, -0.15) is 4.31 Å². The SMILES string of the molecule is CN(CC(=O)N1CCc2ccccc2[C@@H]1C(=O)O)S(C)(=O)=O. The fraction of sp³-hybridized carbons (Fsp3) is 0.429. The topological polar surface area (TPSA) is 95.0 Å². The second kappa shape index (κ2) is 6.05. The van der Waals surface area contributed by atoms with Gasteiger partial charge in [-0.05, 0) is 17.5 Å². The molecule has 2 rings (SSSR count). The first-order chi connectivity index (χ1) is 10.2. The first-order valence-electron chi connectivity index (χ1n) is 6.73. The van der Waals surface area contributed by atoms with Crippen LogP contribution in [0.1, 0.15) is 17.2 Å². The van der Waals surface area contributed by atoms with Crippen molar-refractivity contribution in [3.05, 3.63) is 35.4 Å². The Hall–Kier alpha value is -1.93. The lowest BCUT2D eigenvalue weighted by atomic mass is 9.92. The Kier molecular flexibility index (Phi) is 4.52. The summed E-state index contributed by atoms with van der Waals surface area (Å²) in [7, 11) is -2.20. The van der Waals surface area contributed by atoms with Crippen LogP contribution in [0.15, 0.2) is 24.3 Å². The predicted octanol–water partition coefficient (Wildman–Crippen LogP) is 0.0884. The molecule has 1 aromatic rings. The van der Waals surface area contributed by atoms with Crippen molar-refractivity contribution in [1.82, 2.24) is 9.21 Å². The maximum atomic E-state index is 12.3. The highest BCUT2D eigenvalue weighted by Crippen LogP contribution is 2.30. The molecule has 0 bridgehead atoms. The van der Waals surface area contributed by atoms with Crippen molar-refractivity contribution in [2.24, 2.45) is 0 Å². The fourth-order valence-corrected chi connectivity index (χ4v) is 2.85. The van der Waals surface area contributed by atoms with E-state index in [0.29, 0.717) is 12.0 Å². The van der Waals surface area contributed by atoms with Gasteiger partial charge in [0.15, 0.2) is 6.04 Å². The maximum Gasteiger partial charge on any atom is 0.331 e. The molecular weight excluding hydrogens is 308 g/mol. The molecule has 0 fully saturated rings. The van der Waals surface area contributed by atoms with Gasteiger partial charge in [0.25, 0.3) is 0 Å². The number of nitrogens with zero attached hydrogens (tertiary/aromatic N) is 2. The second-order valence-corrected chi connectivity index (χ2v) is 7.39. The van der Waals surface area contributed by atoms with Crippen LogP contribution in [0.25, 0.3) is 0 Å². The number of fused-ring (bicyclic) bond motifs is 1. The summed E-state index contributed by atoms with van der Waals surface area (Å²) in [6, 6.07) is 6.01. The Labute approximate surface area is 129 Å². The van der Waals surface area contributed by atoms with Gasteiger partial charge in [-0.3, -0.25) is 4.79 Å². The summed E-state index contributed by atoms with van der Waals surface area (Å²) in [5.74, 6) is -1.64. The summed E-state index contributed by atoms with van der Waals surface area (Å²) in [6.07, 6.45) is 1.55. The van der Waals surface area contributed by atoms with Crippen molar-refractivity contribution in [2.75, 3.05) is 26.4 Å². The average Bonchev–Trinajstić information content (AvgIpc) is 2.44. The van der Waals surface area contributed by atoms with Gasteiger partial charge in [-0.15, -0.1) is 0 Å². The van der Waals surface area contributed by atoms with Crippen LogP contribution in [0.4, 0.5) is 0 Å². The van der Waals surface area contributed by atoms with Gasteiger partial charge < -0.3 is 10.0 Å². The third kappa shape index (κ3) is 3.28. The summed E-state index contributed by atoms with van der Waals surface area (Å²) in [5.41, 5.74) is 1.48. The lowest BCUT2D eigenvalue weighted by Gasteiger charge is -2.35. The summed E-state index contributed by atoms with van der Waals surface area (Å²) in [6.45, 7) is -0.116. The summed E-state index contributed by atoms with van der Waals surface area (Å²) >= 11 is 0. The number of hydrogen-bond donors (Lipinski definition) is 1. The van der Waals surface area contributed by atoms with Crippen LogP contribution in [0, 0.1) is 0 Å². The van der Waals surface area contributed by atoms with E-state index in [0.717, 1.165) is 16.1 Å². The van der Waals surface area contributed by atoms with Gasteiger partial charge in [0, 0.05) is 13.6 Å². The predicted molar refractivity (Wildman–Crippen MR) is 79.7 cm³/mol. The van der Waals surface area contributed by atoms with Crippen molar-refractivity contribution >= 4 is 21.9 Å². The summed E-state index contributed by atoms with van der Waals surface area (Å²) < 4.78 is 23.7. The van der Waals surface area contributed by atoms with E-state index in [1.54, 1.807) is 12.1 Å². The Morgan fingerprint density at radius 1 is 1.36 bits per heavy atom. The minimum Gasteiger partial charge on any atom is -0.479 e. The Morgan fingerprint density at radius 3 is 2.59 bits per heavy atom. The van der Waals surface area contributed by atoms with Gasteiger partial charge in [0.2, 0.25) is 15.9 Å². The highest BCUT2D eigenvalue weighted by molar-refractivity contribution is 7.88. The molecule has 0 radical (unpaired) electrons. The van der Waals surface area contributed by atoms with Gasteiger partial charge in [0.05, 0.1) is 12.8 Å². The molecule has 1 amide bonds. The van der Waals surface area contributed by atoms with E-state index in [-0.39, 0.29) is 13.1 Å². The number of carboxylic acids is 1. The first-order valence-corrected chi connectivity index (χ1v) is 8.58. The highest BCUT2D eigenvalue weighted by Gasteiger charge is 2.36. The molecule has 7 nitrogen and oxygen atoms in total. The lowest BCUT2D eigenvalue weighted by molar-refractivity contribution is -0.151. The zero-order valence-corrected chi connectivity index (χ0v) is 13.2. The Balaban J connectivity index is 2.28. The zero-order chi connectivity index (χ0) is 16.5. The van der Waals surface area contributed by atoms with Crippen molar-refractivity contribution in [3.63, 3.8) is 0 Å². The molecule has 0 aromatic heterocycles. The Morgan fingerprint density at radius 2 is 2.00 bits per heavy atom. The third-order valence-electron chi connectivity index (χ3n) is 3.76. The summed E-state index contributed by atoms with van der Waals surface area (Å²) in [5, 5.41) is 9.47. The van der Waals surface area contributed by atoms with Crippen LogP contribution >= 0.6 is 0 Å². The van der Waals surface area contributed by atoms with Gasteiger partial charge in [-0.1, -0.05) is 24.3 Å². The van der Waals surface area contributed by atoms with Crippen molar-refractivity contribution in [3.8, 4) is 0 Å². The number of sulfonamides is 1. The lowest BCUT2D eigenvalue weighted by Crippen LogP contribution is -2.47. The van der Waals surface area contributed by atoms with E-state index in [2.05, 4.69) is 0 Å². The third-order valence-corrected chi connectivity index (χ3v) is 5.02. The minimum atomic E-state index is -3.50. The number of hydrogen-bond acceptors (Lipinski definition) is 4. The van der Waals surface area contributed by atoms with Gasteiger partial charge in [-0.25, -0.2) is 13.2 Å². The second-order valence-electron chi connectivity index (χ2n) is 5.30. The average molecular weight is 326 g/mol. The molecule has 0 aliphatic carbocycles. The summed E-state index contributed by atoms with van der Waals surface area (Å²) in [4.78, 5) is 25.2. The molecule has 0 saturated heterocycles. The largest absolute Gasteiger partial charge is 0.479 e. The number of aliphatic carboxylic acids is 1. The molecule has 1 heterocycles. The van der Waals surface area contributed by atoms with Crippen LogP contribution in [0.3, 0.4) is 0 Å². The van der Waals surface area contributed by atoms with Gasteiger partial charge in [0.1, 0.15) is 0 Å². The number of amides is 1. The number of carbonyl (C=O) groups is 2. The van der Waals surface area contributed by atoms with Crippen LogP contribution in [-0.2, 0) is 26.0 Å². The van der Waals surface area contributed by atoms with Crippen LogP contribution < -0.4 is 0 Å². The Bertz CT molecular complexity index is 701. The van der Waals surface area contributed by atoms with Crippen molar-refractivity contribution in [1.29, 1.82) is 0 Å². The highest BCUT2D eigenvalue weighted by atomic mass is 32.2. The van der Waals surface area contributed by atoms with E-state index in [1.165, 1.54) is 11.9 Å². The quantitative estimate of drug-likeness (QED) is 0.846. The monoisotopic (exact) mass is 326 g/mol. The van der Waals surface area contributed by atoms with E-state index < -0.39 is 27.9 Å². The molecule has 0 saturated carbocycles. The standard InChI is InChI=1S/C14H18N2O5S/c1-15(22(2,20)21)9-12(17)16-8-7-10-5-3-4-6-11(10)13(16)14(18)19/h3-6,13H,7-9H2,1-2H3,(H,18,19)/t13-/m1/s1. The number of carboxylic acid groups (broad SMARTS) is 1. The van der Waals surface area contributed by atoms with Crippen molar-refractivity contribution < 1.29 is 23.1 Å². The molecule has 0 spiro atoms. The molecular formula is C14H18N2O5S. The van der Waals surface area contributed by atoms with Crippen LogP contribution in [0.5, 0.6) is 0 Å². The van der Waals surface area contributed by atoms with Gasteiger partial charge >= 0.3 is 5.97 Å². The number of rotatable bonds is 4. The number of benzene rings is 1. The normalized spacial score (nSPS) is 18.1. The van der Waals surface area contributed by atoms with E-state index in [1.807, 2.05) is 12.1 Å². The molecule has 120 valence electrons. The van der Waals surface area contributed by atoms with Crippen LogP contribution in [0.2, 0.25) is 0 Å². The first kappa shape index (κ1) is 16.4. The molecule has 1 aromatic carbocycles. The molecule has 22 heavy (non-hydrogen) atoms. The molecule has 0 unspecified atom stereocenters. The molecule has 1 aliphatic heterocycles. The van der Waals surface area contributed by atoms with E-state index in [4.69, 9.17) is 0 Å². The smallest absolute Gasteiger partial charge is 0.331 e. The number of likely N-dealkylation sites (N-methyl/N-ethyl adjacent to an activating group) is 1. The van der Waals surface area contributed by atoms with E-state index in [9.17, 15) is 23.1 Å². The molecule has 1 aliphatic rings. The number of carbonyl (C=O) groups excluding carboxylic acids is 1. The zero-order valence-electron chi connectivity index (χ0n) is 12.4. The van der Waals surface area contributed by atoms with Crippen molar-refractivity contribution in [2.45, 2.75) is 12.5 Å². The van der Waals surface area contributed by atoms with Crippen LogP contribution in [-0.4, -0.2) is 61.0 Å². The van der Waals surface area contributed by atoms with E-state index >= 15 is 0 Å². The molecule has 8 heteroatoms. The maximum absolute atomic E-state index is 12.3.